The van der Waals surface area contributed by atoms with Crippen LogP contribution in [-0.4, -0.2) is 43.8 Å². The van der Waals surface area contributed by atoms with E-state index in [4.69, 9.17) is 23.2 Å². The number of carbonyl (C=O) groups is 2. The number of nitrogens with one attached hydrogen (secondary N) is 1. The number of hydrogen-bond acceptors (Lipinski definition) is 4. The molecule has 1 aliphatic carbocycles. The average molecular weight is 631 g/mol. The third-order valence-electron chi connectivity index (χ3n) is 7.78. The van der Waals surface area contributed by atoms with Crippen LogP contribution < -0.4 is 9.62 Å². The molecule has 0 radical (unpaired) electrons. The van der Waals surface area contributed by atoms with E-state index in [-0.39, 0.29) is 29.1 Å². The van der Waals surface area contributed by atoms with Gasteiger partial charge in [0.15, 0.2) is 0 Å². The van der Waals surface area contributed by atoms with Crippen LogP contribution in [0.4, 0.5) is 5.69 Å². The number of amides is 2. The van der Waals surface area contributed by atoms with Crippen LogP contribution in [0, 0.1) is 13.8 Å². The zero-order valence-corrected chi connectivity index (χ0v) is 26.5. The van der Waals surface area contributed by atoms with Gasteiger partial charge < -0.3 is 10.2 Å². The summed E-state index contributed by atoms with van der Waals surface area (Å²) in [5.74, 6) is -0.782. The lowest BCUT2D eigenvalue weighted by Crippen LogP contribution is -2.53. The van der Waals surface area contributed by atoms with E-state index >= 15 is 0 Å². The maximum Gasteiger partial charge on any atom is 0.264 e. The maximum absolute atomic E-state index is 14.3. The molecule has 1 fully saturated rings. The number of hydrogen-bond donors (Lipinski definition) is 1. The summed E-state index contributed by atoms with van der Waals surface area (Å²) in [6, 6.07) is 17.8. The third kappa shape index (κ3) is 7.28. The van der Waals surface area contributed by atoms with Gasteiger partial charge in [-0.15, -0.1) is 0 Å². The lowest BCUT2D eigenvalue weighted by molar-refractivity contribution is -0.140. The van der Waals surface area contributed by atoms with Gasteiger partial charge in [-0.25, -0.2) is 8.42 Å². The molecule has 1 saturated carbocycles. The Morgan fingerprint density at radius 3 is 2.21 bits per heavy atom. The standard InChI is InChI=1S/C32H37Cl2N3O4S/c1-4-29(32(39)35-25-11-6-7-12-25)36(20-24-10-5-8-13-28(24)34)31(38)21-37(30-15-9-14-27(33)23(30)3)42(40,41)26-18-16-22(2)17-19-26/h5,8-10,13-19,25,29H,4,6-7,11-12,20-21H2,1-3H3,(H,35,39)/t29-/m0/s1. The molecule has 0 aromatic heterocycles. The Bertz CT molecular complexity index is 1520. The van der Waals surface area contributed by atoms with Crippen molar-refractivity contribution in [2.75, 3.05) is 10.8 Å². The highest BCUT2D eigenvalue weighted by molar-refractivity contribution is 7.92. The third-order valence-corrected chi connectivity index (χ3v) is 10.3. The van der Waals surface area contributed by atoms with Crippen LogP contribution in [0.1, 0.15) is 55.7 Å². The van der Waals surface area contributed by atoms with Gasteiger partial charge in [-0.3, -0.25) is 13.9 Å². The van der Waals surface area contributed by atoms with Crippen molar-refractivity contribution in [1.82, 2.24) is 10.2 Å². The fourth-order valence-corrected chi connectivity index (χ4v) is 7.15. The summed E-state index contributed by atoms with van der Waals surface area (Å²) in [6.07, 6.45) is 4.24. The van der Waals surface area contributed by atoms with E-state index in [0.717, 1.165) is 35.6 Å². The molecule has 1 aliphatic rings. The average Bonchev–Trinajstić information content (AvgIpc) is 3.47. The molecule has 4 rings (SSSR count). The van der Waals surface area contributed by atoms with Crippen molar-refractivity contribution in [2.45, 2.75) is 76.4 Å². The smallest absolute Gasteiger partial charge is 0.264 e. The van der Waals surface area contributed by atoms with E-state index in [1.165, 1.54) is 17.0 Å². The number of aryl methyl sites for hydroxylation is 1. The molecule has 224 valence electrons. The highest BCUT2D eigenvalue weighted by Gasteiger charge is 2.35. The van der Waals surface area contributed by atoms with Crippen LogP contribution >= 0.6 is 23.2 Å². The molecule has 0 bridgehead atoms. The second-order valence-corrected chi connectivity index (χ2v) is 13.4. The summed E-state index contributed by atoms with van der Waals surface area (Å²) in [5, 5.41) is 3.94. The molecule has 0 spiro atoms. The van der Waals surface area contributed by atoms with Crippen molar-refractivity contribution in [3.05, 3.63) is 93.5 Å². The first-order valence-electron chi connectivity index (χ1n) is 14.2. The number of nitrogens with zero attached hydrogens (tertiary/aromatic N) is 2. The van der Waals surface area contributed by atoms with Gasteiger partial charge in [-0.05, 0) is 74.6 Å². The summed E-state index contributed by atoms with van der Waals surface area (Å²) < 4.78 is 29.3. The zero-order chi connectivity index (χ0) is 30.4. The Morgan fingerprint density at radius 1 is 0.929 bits per heavy atom. The molecule has 42 heavy (non-hydrogen) atoms. The van der Waals surface area contributed by atoms with Gasteiger partial charge in [0.25, 0.3) is 10.0 Å². The minimum absolute atomic E-state index is 0.0437. The zero-order valence-electron chi connectivity index (χ0n) is 24.1. The number of benzene rings is 3. The van der Waals surface area contributed by atoms with Crippen molar-refractivity contribution in [1.29, 1.82) is 0 Å². The second-order valence-electron chi connectivity index (χ2n) is 10.7. The van der Waals surface area contributed by atoms with Crippen molar-refractivity contribution in [2.24, 2.45) is 0 Å². The molecule has 1 atom stereocenters. The van der Waals surface area contributed by atoms with Crippen LogP contribution in [0.2, 0.25) is 10.0 Å². The molecular weight excluding hydrogens is 593 g/mol. The van der Waals surface area contributed by atoms with Crippen LogP contribution in [0.5, 0.6) is 0 Å². The van der Waals surface area contributed by atoms with Crippen LogP contribution in [0.15, 0.2) is 71.6 Å². The van der Waals surface area contributed by atoms with Crippen LogP contribution in [0.25, 0.3) is 0 Å². The lowest BCUT2D eigenvalue weighted by atomic mass is 10.1. The summed E-state index contributed by atoms with van der Waals surface area (Å²) >= 11 is 12.9. The van der Waals surface area contributed by atoms with E-state index in [2.05, 4.69) is 5.32 Å². The van der Waals surface area contributed by atoms with Crippen molar-refractivity contribution in [3.8, 4) is 0 Å². The molecule has 2 amide bonds. The van der Waals surface area contributed by atoms with E-state index in [9.17, 15) is 18.0 Å². The largest absolute Gasteiger partial charge is 0.352 e. The van der Waals surface area contributed by atoms with E-state index < -0.39 is 28.5 Å². The number of rotatable bonds is 11. The summed E-state index contributed by atoms with van der Waals surface area (Å²) in [6.45, 7) is 4.93. The van der Waals surface area contributed by atoms with Crippen LogP contribution in [0.3, 0.4) is 0 Å². The second kappa shape index (κ2) is 13.9. The molecular formula is C32H37Cl2N3O4S. The number of carbonyl (C=O) groups excluding carboxylic acids is 2. The Balaban J connectivity index is 1.75. The van der Waals surface area contributed by atoms with Crippen molar-refractivity contribution < 1.29 is 18.0 Å². The van der Waals surface area contributed by atoms with Crippen molar-refractivity contribution >= 4 is 50.7 Å². The lowest BCUT2D eigenvalue weighted by Gasteiger charge is -2.34. The first-order chi connectivity index (χ1) is 20.0. The highest BCUT2D eigenvalue weighted by atomic mass is 35.5. The van der Waals surface area contributed by atoms with Crippen molar-refractivity contribution in [3.63, 3.8) is 0 Å². The van der Waals surface area contributed by atoms with Gasteiger partial charge in [0.1, 0.15) is 12.6 Å². The number of sulfonamides is 1. The van der Waals surface area contributed by atoms with E-state index in [0.29, 0.717) is 27.6 Å². The minimum atomic E-state index is -4.19. The molecule has 3 aromatic rings. The van der Waals surface area contributed by atoms with Gasteiger partial charge in [-0.2, -0.15) is 0 Å². The van der Waals surface area contributed by atoms with Gasteiger partial charge in [0.05, 0.1) is 10.6 Å². The predicted molar refractivity (Wildman–Crippen MR) is 168 cm³/mol. The minimum Gasteiger partial charge on any atom is -0.352 e. The fourth-order valence-electron chi connectivity index (χ4n) is 5.31. The first kappa shape index (κ1) is 31.9. The van der Waals surface area contributed by atoms with Gasteiger partial charge in [0.2, 0.25) is 11.8 Å². The Kier molecular flexibility index (Phi) is 10.6. The number of anilines is 1. The quantitative estimate of drug-likeness (QED) is 0.256. The molecule has 0 aliphatic heterocycles. The first-order valence-corrected chi connectivity index (χ1v) is 16.4. The molecule has 0 heterocycles. The normalized spacial score (nSPS) is 14.4. The molecule has 0 saturated heterocycles. The van der Waals surface area contributed by atoms with Gasteiger partial charge >= 0.3 is 0 Å². The molecule has 1 N–H and O–H groups in total. The van der Waals surface area contributed by atoms with E-state index in [1.807, 2.05) is 19.9 Å². The summed E-state index contributed by atoms with van der Waals surface area (Å²) in [4.78, 5) is 29.3. The summed E-state index contributed by atoms with van der Waals surface area (Å²) in [5.41, 5.74) is 2.37. The van der Waals surface area contributed by atoms with E-state index in [1.54, 1.807) is 55.5 Å². The topological polar surface area (TPSA) is 86.8 Å². The molecule has 0 unspecified atom stereocenters. The van der Waals surface area contributed by atoms with Crippen LogP contribution in [-0.2, 0) is 26.2 Å². The predicted octanol–water partition coefficient (Wildman–Crippen LogP) is 6.67. The fraction of sp³-hybridized carbons (Fsp3) is 0.375. The SMILES string of the molecule is CC[C@@H](C(=O)NC1CCCC1)N(Cc1ccccc1Cl)C(=O)CN(c1cccc(Cl)c1C)S(=O)(=O)c1ccc(C)cc1. The monoisotopic (exact) mass is 629 g/mol. The Morgan fingerprint density at radius 2 is 1.57 bits per heavy atom. The summed E-state index contributed by atoms with van der Waals surface area (Å²) in [7, 11) is -4.19. The Labute approximate surface area is 258 Å². The highest BCUT2D eigenvalue weighted by Crippen LogP contribution is 2.32. The maximum atomic E-state index is 14.3. The van der Waals surface area contributed by atoms with Gasteiger partial charge in [0, 0.05) is 22.6 Å². The molecule has 7 nitrogen and oxygen atoms in total. The number of halogens is 2. The molecule has 10 heteroatoms. The molecule has 3 aromatic carbocycles. The Hall–Kier alpha value is -3.07. The van der Waals surface area contributed by atoms with Gasteiger partial charge in [-0.1, -0.05) is 84.9 Å².